The topological polar surface area (TPSA) is 87.4 Å². The summed E-state index contributed by atoms with van der Waals surface area (Å²) in [7, 11) is 0. The first-order chi connectivity index (χ1) is 12.8. The highest BCUT2D eigenvalue weighted by atomic mass is 79.9. The highest BCUT2D eigenvalue weighted by Gasteiger charge is 2.16. The summed E-state index contributed by atoms with van der Waals surface area (Å²) in [6, 6.07) is 11.1. The Labute approximate surface area is 164 Å². The van der Waals surface area contributed by atoms with E-state index in [2.05, 4.69) is 25.9 Å². The van der Waals surface area contributed by atoms with Crippen molar-refractivity contribution in [3.63, 3.8) is 0 Å². The van der Waals surface area contributed by atoms with E-state index in [0.29, 0.717) is 11.4 Å². The molecule has 0 amide bonds. The minimum absolute atomic E-state index is 0.0853. The lowest BCUT2D eigenvalue weighted by Gasteiger charge is -2.13. The van der Waals surface area contributed by atoms with Crippen LogP contribution in [0.2, 0.25) is 0 Å². The normalized spacial score (nSPS) is 11.3. The van der Waals surface area contributed by atoms with Crippen molar-refractivity contribution >= 4 is 27.8 Å². The SMILES string of the molecule is Cc1ccc(C)c(-n2c(O)c(C=Nc3ccc(Br)cc3C)c(=O)[nH]c2=O)c1. The van der Waals surface area contributed by atoms with E-state index in [1.807, 2.05) is 45.0 Å². The number of aromatic nitrogens is 2. The van der Waals surface area contributed by atoms with Crippen LogP contribution in [-0.2, 0) is 0 Å². The summed E-state index contributed by atoms with van der Waals surface area (Å²) in [4.78, 5) is 31.1. The Morgan fingerprint density at radius 1 is 1.07 bits per heavy atom. The van der Waals surface area contributed by atoms with E-state index in [1.165, 1.54) is 6.21 Å². The molecule has 0 fully saturated rings. The molecule has 0 saturated carbocycles. The van der Waals surface area contributed by atoms with Crippen LogP contribution in [0.25, 0.3) is 5.69 Å². The summed E-state index contributed by atoms with van der Waals surface area (Å²) in [5.41, 5.74) is 2.29. The molecule has 1 heterocycles. The second kappa shape index (κ2) is 7.36. The van der Waals surface area contributed by atoms with Gasteiger partial charge in [-0.3, -0.25) is 14.8 Å². The highest BCUT2D eigenvalue weighted by Crippen LogP contribution is 2.24. The lowest BCUT2D eigenvalue weighted by atomic mass is 10.1. The molecule has 138 valence electrons. The number of H-pyrrole nitrogens is 1. The number of aliphatic imine (C=N–C) groups is 1. The molecule has 7 heteroatoms. The van der Waals surface area contributed by atoms with Crippen molar-refractivity contribution in [1.82, 2.24) is 9.55 Å². The average Bonchev–Trinajstić information content (AvgIpc) is 2.59. The highest BCUT2D eigenvalue weighted by molar-refractivity contribution is 9.10. The monoisotopic (exact) mass is 427 g/mol. The molecule has 3 aromatic rings. The molecule has 27 heavy (non-hydrogen) atoms. The molecule has 0 radical (unpaired) electrons. The van der Waals surface area contributed by atoms with E-state index in [9.17, 15) is 14.7 Å². The summed E-state index contributed by atoms with van der Waals surface area (Å²) < 4.78 is 2.00. The number of hydrogen-bond acceptors (Lipinski definition) is 4. The van der Waals surface area contributed by atoms with Crippen molar-refractivity contribution < 1.29 is 5.11 Å². The molecule has 0 aliphatic carbocycles. The summed E-state index contributed by atoms with van der Waals surface area (Å²) in [6.07, 6.45) is 1.27. The Morgan fingerprint density at radius 2 is 1.81 bits per heavy atom. The van der Waals surface area contributed by atoms with Crippen LogP contribution in [0, 0.1) is 20.8 Å². The fraction of sp³-hybridized carbons (Fsp3) is 0.150. The maximum atomic E-state index is 12.3. The molecule has 0 unspecified atom stereocenters. The van der Waals surface area contributed by atoms with Crippen LogP contribution in [0.15, 0.2) is 55.5 Å². The average molecular weight is 428 g/mol. The van der Waals surface area contributed by atoms with Gasteiger partial charge >= 0.3 is 5.69 Å². The van der Waals surface area contributed by atoms with Crippen molar-refractivity contribution in [3.8, 4) is 11.6 Å². The predicted octanol–water partition coefficient (Wildman–Crippen LogP) is 3.67. The molecule has 2 aromatic carbocycles. The molecule has 0 aliphatic rings. The van der Waals surface area contributed by atoms with E-state index >= 15 is 0 Å². The van der Waals surface area contributed by atoms with Gasteiger partial charge in [0.05, 0.1) is 11.4 Å². The first-order valence-electron chi connectivity index (χ1n) is 8.24. The number of aromatic hydroxyl groups is 1. The van der Waals surface area contributed by atoms with Crippen LogP contribution in [-0.4, -0.2) is 20.9 Å². The van der Waals surface area contributed by atoms with Crippen molar-refractivity contribution in [2.45, 2.75) is 20.8 Å². The van der Waals surface area contributed by atoms with Gasteiger partial charge in [0.2, 0.25) is 5.88 Å². The first kappa shape index (κ1) is 18.8. The Hall–Kier alpha value is -2.93. The second-order valence-electron chi connectivity index (χ2n) is 6.31. The molecule has 2 N–H and O–H groups in total. The minimum Gasteiger partial charge on any atom is -0.493 e. The summed E-state index contributed by atoms with van der Waals surface area (Å²) in [5.74, 6) is -0.448. The van der Waals surface area contributed by atoms with Gasteiger partial charge in [-0.05, 0) is 61.7 Å². The summed E-state index contributed by atoms with van der Waals surface area (Å²) in [5, 5.41) is 10.7. The first-order valence-corrected chi connectivity index (χ1v) is 9.03. The van der Waals surface area contributed by atoms with Gasteiger partial charge in [0.25, 0.3) is 5.56 Å². The van der Waals surface area contributed by atoms with Gasteiger partial charge < -0.3 is 5.11 Å². The van der Waals surface area contributed by atoms with Crippen LogP contribution in [0.1, 0.15) is 22.3 Å². The van der Waals surface area contributed by atoms with Gasteiger partial charge in [0.15, 0.2) is 0 Å². The number of halogens is 1. The minimum atomic E-state index is -0.705. The van der Waals surface area contributed by atoms with E-state index in [-0.39, 0.29) is 5.56 Å². The third-order valence-corrected chi connectivity index (χ3v) is 4.71. The zero-order valence-electron chi connectivity index (χ0n) is 15.1. The van der Waals surface area contributed by atoms with E-state index < -0.39 is 17.1 Å². The standard InChI is InChI=1S/C20H18BrN3O3/c1-11-4-5-12(2)17(8-11)24-19(26)15(18(25)23-20(24)27)10-22-16-7-6-14(21)9-13(16)3/h4-10,26H,1-3H3,(H,23,25,27). The molecule has 6 nitrogen and oxygen atoms in total. The molecule has 1 aromatic heterocycles. The lowest BCUT2D eigenvalue weighted by molar-refractivity contribution is 0.430. The molecule has 0 spiro atoms. The summed E-state index contributed by atoms with van der Waals surface area (Å²) >= 11 is 3.39. The number of aromatic amines is 1. The van der Waals surface area contributed by atoms with Gasteiger partial charge in [-0.2, -0.15) is 0 Å². The Morgan fingerprint density at radius 3 is 2.52 bits per heavy atom. The fourth-order valence-corrected chi connectivity index (χ4v) is 3.21. The number of nitrogens with one attached hydrogen (secondary N) is 1. The number of hydrogen-bond donors (Lipinski definition) is 2. The third-order valence-electron chi connectivity index (χ3n) is 4.22. The molecule has 0 bridgehead atoms. The largest absolute Gasteiger partial charge is 0.493 e. The van der Waals surface area contributed by atoms with E-state index in [1.54, 1.807) is 12.1 Å². The maximum absolute atomic E-state index is 12.3. The number of rotatable bonds is 3. The third kappa shape index (κ3) is 3.78. The maximum Gasteiger partial charge on any atom is 0.335 e. The van der Waals surface area contributed by atoms with Gasteiger partial charge in [-0.15, -0.1) is 0 Å². The van der Waals surface area contributed by atoms with Gasteiger partial charge in [0.1, 0.15) is 5.56 Å². The quantitative estimate of drug-likeness (QED) is 0.624. The lowest BCUT2D eigenvalue weighted by Crippen LogP contribution is -2.31. The molecule has 3 rings (SSSR count). The second-order valence-corrected chi connectivity index (χ2v) is 7.23. The molecular formula is C20H18BrN3O3. The smallest absolute Gasteiger partial charge is 0.335 e. The van der Waals surface area contributed by atoms with E-state index in [0.717, 1.165) is 25.7 Å². The van der Waals surface area contributed by atoms with Crippen molar-refractivity contribution in [2.75, 3.05) is 0 Å². The van der Waals surface area contributed by atoms with Crippen LogP contribution in [0.4, 0.5) is 5.69 Å². The van der Waals surface area contributed by atoms with Crippen LogP contribution >= 0.6 is 15.9 Å². The van der Waals surface area contributed by atoms with Crippen LogP contribution in [0.3, 0.4) is 0 Å². The number of benzene rings is 2. The van der Waals surface area contributed by atoms with Gasteiger partial charge in [0, 0.05) is 10.7 Å². The number of nitrogens with zero attached hydrogens (tertiary/aromatic N) is 2. The summed E-state index contributed by atoms with van der Waals surface area (Å²) in [6.45, 7) is 5.60. The fourth-order valence-electron chi connectivity index (χ4n) is 2.74. The van der Waals surface area contributed by atoms with Crippen molar-refractivity contribution in [2.24, 2.45) is 4.99 Å². The molecule has 0 aliphatic heterocycles. The predicted molar refractivity (Wildman–Crippen MR) is 110 cm³/mol. The van der Waals surface area contributed by atoms with Crippen LogP contribution < -0.4 is 11.2 Å². The van der Waals surface area contributed by atoms with Gasteiger partial charge in [-0.25, -0.2) is 9.36 Å². The Bertz CT molecular complexity index is 1180. The van der Waals surface area contributed by atoms with Gasteiger partial charge in [-0.1, -0.05) is 28.1 Å². The molecular weight excluding hydrogens is 410 g/mol. The number of aryl methyl sites for hydroxylation is 3. The van der Waals surface area contributed by atoms with Crippen molar-refractivity contribution in [3.05, 3.63) is 84.0 Å². The van der Waals surface area contributed by atoms with Crippen molar-refractivity contribution in [1.29, 1.82) is 0 Å². The molecule has 0 saturated heterocycles. The van der Waals surface area contributed by atoms with E-state index in [4.69, 9.17) is 0 Å². The Balaban J connectivity index is 2.18. The molecule has 0 atom stereocenters. The zero-order chi connectivity index (χ0) is 19.7. The zero-order valence-corrected chi connectivity index (χ0v) is 16.7. The van der Waals surface area contributed by atoms with Crippen LogP contribution in [0.5, 0.6) is 5.88 Å². The Kier molecular flexibility index (Phi) is 5.14.